The highest BCUT2D eigenvalue weighted by atomic mass is 16.2. The molecule has 0 radical (unpaired) electrons. The van der Waals surface area contributed by atoms with E-state index < -0.39 is 5.54 Å². The standard InChI is InChI=1S/C8H14N2O2/c1-4-8(2)7(12)9-5-6(11)10(8)3/h4-5H2,1-3H3,(H,9,12). The number of hydrogen-bond donors (Lipinski definition) is 1. The lowest BCUT2D eigenvalue weighted by atomic mass is 9.93. The molecule has 1 aliphatic heterocycles. The minimum Gasteiger partial charge on any atom is -0.345 e. The van der Waals surface area contributed by atoms with Gasteiger partial charge in [-0.15, -0.1) is 0 Å². The molecule has 1 atom stereocenters. The fourth-order valence-electron chi connectivity index (χ4n) is 1.29. The Hall–Kier alpha value is -1.06. The van der Waals surface area contributed by atoms with Crippen LogP contribution in [0.5, 0.6) is 0 Å². The van der Waals surface area contributed by atoms with E-state index in [1.54, 1.807) is 14.0 Å². The average molecular weight is 170 g/mol. The molecule has 1 N–H and O–H groups in total. The minimum absolute atomic E-state index is 0.0287. The van der Waals surface area contributed by atoms with Crippen LogP contribution in [0.4, 0.5) is 0 Å². The summed E-state index contributed by atoms with van der Waals surface area (Å²) < 4.78 is 0. The summed E-state index contributed by atoms with van der Waals surface area (Å²) in [5.41, 5.74) is -0.657. The monoisotopic (exact) mass is 170 g/mol. The third-order valence-electron chi connectivity index (χ3n) is 2.69. The zero-order valence-electron chi connectivity index (χ0n) is 7.68. The quantitative estimate of drug-likeness (QED) is 0.589. The van der Waals surface area contributed by atoms with Crippen molar-refractivity contribution in [2.24, 2.45) is 0 Å². The molecule has 68 valence electrons. The number of hydrogen-bond acceptors (Lipinski definition) is 2. The van der Waals surface area contributed by atoms with E-state index >= 15 is 0 Å². The Bertz CT molecular complexity index is 227. The Labute approximate surface area is 71.9 Å². The first-order valence-corrected chi connectivity index (χ1v) is 4.07. The zero-order chi connectivity index (χ0) is 9.35. The van der Waals surface area contributed by atoms with Gasteiger partial charge in [0.1, 0.15) is 5.54 Å². The number of carbonyl (C=O) groups excluding carboxylic acids is 2. The Kier molecular flexibility index (Phi) is 2.08. The molecule has 0 aromatic heterocycles. The predicted octanol–water partition coefficient (Wildman–Crippen LogP) is -0.257. The normalized spacial score (nSPS) is 30.4. The van der Waals surface area contributed by atoms with E-state index in [0.717, 1.165) is 0 Å². The third-order valence-corrected chi connectivity index (χ3v) is 2.69. The number of rotatable bonds is 1. The fourth-order valence-corrected chi connectivity index (χ4v) is 1.29. The second-order valence-electron chi connectivity index (χ2n) is 3.26. The molecule has 1 heterocycles. The molecule has 0 bridgehead atoms. The molecule has 0 aliphatic carbocycles. The molecule has 4 nitrogen and oxygen atoms in total. The fraction of sp³-hybridized carbons (Fsp3) is 0.750. The van der Waals surface area contributed by atoms with Crippen LogP contribution in [0.2, 0.25) is 0 Å². The Morgan fingerprint density at radius 3 is 2.58 bits per heavy atom. The smallest absolute Gasteiger partial charge is 0.246 e. The van der Waals surface area contributed by atoms with Gasteiger partial charge in [0.05, 0.1) is 6.54 Å². The van der Waals surface area contributed by atoms with Crippen molar-refractivity contribution in [1.82, 2.24) is 10.2 Å². The molecule has 1 aliphatic rings. The summed E-state index contributed by atoms with van der Waals surface area (Å²) >= 11 is 0. The largest absolute Gasteiger partial charge is 0.345 e. The second kappa shape index (κ2) is 2.77. The van der Waals surface area contributed by atoms with Crippen LogP contribution < -0.4 is 5.32 Å². The molecule has 1 unspecified atom stereocenters. The van der Waals surface area contributed by atoms with Crippen LogP contribution in [0.1, 0.15) is 20.3 Å². The lowest BCUT2D eigenvalue weighted by Crippen LogP contribution is -2.64. The van der Waals surface area contributed by atoms with Gasteiger partial charge in [-0.1, -0.05) is 6.92 Å². The summed E-state index contributed by atoms with van der Waals surface area (Å²) in [6, 6.07) is 0. The second-order valence-corrected chi connectivity index (χ2v) is 3.26. The van der Waals surface area contributed by atoms with E-state index in [9.17, 15) is 9.59 Å². The molecule has 2 amide bonds. The average Bonchev–Trinajstić information content (AvgIpc) is 2.08. The van der Waals surface area contributed by atoms with Crippen LogP contribution in [0, 0.1) is 0 Å². The van der Waals surface area contributed by atoms with Gasteiger partial charge < -0.3 is 10.2 Å². The van der Waals surface area contributed by atoms with Crippen LogP contribution in [0.3, 0.4) is 0 Å². The van der Waals surface area contributed by atoms with Crippen LogP contribution >= 0.6 is 0 Å². The van der Waals surface area contributed by atoms with Crippen LogP contribution in [-0.2, 0) is 9.59 Å². The van der Waals surface area contributed by atoms with Gasteiger partial charge in [0.2, 0.25) is 11.8 Å². The number of likely N-dealkylation sites (N-methyl/N-ethyl adjacent to an activating group) is 1. The molecule has 1 saturated heterocycles. The maximum Gasteiger partial charge on any atom is 0.246 e. The van der Waals surface area contributed by atoms with Crippen molar-refractivity contribution in [1.29, 1.82) is 0 Å². The van der Waals surface area contributed by atoms with E-state index in [4.69, 9.17) is 0 Å². The van der Waals surface area contributed by atoms with Gasteiger partial charge in [0.25, 0.3) is 0 Å². The summed E-state index contributed by atoms with van der Waals surface area (Å²) in [5, 5.41) is 2.57. The number of amides is 2. The van der Waals surface area contributed by atoms with Crippen molar-refractivity contribution in [3.05, 3.63) is 0 Å². The summed E-state index contributed by atoms with van der Waals surface area (Å²) in [4.78, 5) is 24.1. The van der Waals surface area contributed by atoms with E-state index in [0.29, 0.717) is 6.42 Å². The number of piperazine rings is 1. The third kappa shape index (κ3) is 1.07. The molecule has 0 aromatic rings. The van der Waals surface area contributed by atoms with Crippen LogP contribution in [-0.4, -0.2) is 35.8 Å². The van der Waals surface area contributed by atoms with Crippen molar-refractivity contribution < 1.29 is 9.59 Å². The Morgan fingerprint density at radius 1 is 1.58 bits per heavy atom. The van der Waals surface area contributed by atoms with Crippen molar-refractivity contribution in [2.75, 3.05) is 13.6 Å². The SMILES string of the molecule is CCC1(C)C(=O)NCC(=O)N1C. The molecule has 0 saturated carbocycles. The van der Waals surface area contributed by atoms with E-state index in [2.05, 4.69) is 5.32 Å². The van der Waals surface area contributed by atoms with Gasteiger partial charge in [0, 0.05) is 7.05 Å². The first-order chi connectivity index (χ1) is 5.52. The molecular weight excluding hydrogens is 156 g/mol. The van der Waals surface area contributed by atoms with Crippen molar-refractivity contribution in [3.8, 4) is 0 Å². The predicted molar refractivity (Wildman–Crippen MR) is 44.5 cm³/mol. The zero-order valence-corrected chi connectivity index (χ0v) is 7.68. The first-order valence-electron chi connectivity index (χ1n) is 4.07. The molecule has 1 rings (SSSR count). The first kappa shape index (κ1) is 9.03. The van der Waals surface area contributed by atoms with Gasteiger partial charge in [-0.3, -0.25) is 9.59 Å². The molecule has 4 heteroatoms. The maximum absolute atomic E-state index is 11.4. The highest BCUT2D eigenvalue weighted by Gasteiger charge is 2.41. The summed E-state index contributed by atoms with van der Waals surface area (Å²) in [6.07, 6.45) is 0.640. The molecular formula is C8H14N2O2. The number of nitrogens with zero attached hydrogens (tertiary/aromatic N) is 1. The Balaban J connectivity index is 2.93. The maximum atomic E-state index is 11.4. The molecule has 0 spiro atoms. The van der Waals surface area contributed by atoms with Gasteiger partial charge in [-0.05, 0) is 13.3 Å². The Morgan fingerprint density at radius 2 is 2.17 bits per heavy atom. The summed E-state index contributed by atoms with van der Waals surface area (Å²) in [6.45, 7) is 3.80. The van der Waals surface area contributed by atoms with E-state index in [1.165, 1.54) is 4.90 Å². The van der Waals surface area contributed by atoms with Crippen molar-refractivity contribution >= 4 is 11.8 Å². The van der Waals surface area contributed by atoms with Crippen LogP contribution in [0.25, 0.3) is 0 Å². The minimum atomic E-state index is -0.657. The highest BCUT2D eigenvalue weighted by molar-refractivity contribution is 5.97. The molecule has 0 aromatic carbocycles. The number of nitrogens with one attached hydrogen (secondary N) is 1. The van der Waals surface area contributed by atoms with E-state index in [-0.39, 0.29) is 18.4 Å². The number of carbonyl (C=O) groups is 2. The van der Waals surface area contributed by atoms with Gasteiger partial charge in [-0.2, -0.15) is 0 Å². The van der Waals surface area contributed by atoms with Gasteiger partial charge in [0.15, 0.2) is 0 Å². The molecule has 12 heavy (non-hydrogen) atoms. The topological polar surface area (TPSA) is 49.4 Å². The van der Waals surface area contributed by atoms with Gasteiger partial charge >= 0.3 is 0 Å². The lowest BCUT2D eigenvalue weighted by Gasteiger charge is -2.40. The van der Waals surface area contributed by atoms with Crippen molar-refractivity contribution in [3.63, 3.8) is 0 Å². The summed E-state index contributed by atoms with van der Waals surface area (Å²) in [5.74, 6) is -0.0916. The molecule has 1 fully saturated rings. The highest BCUT2D eigenvalue weighted by Crippen LogP contribution is 2.20. The van der Waals surface area contributed by atoms with Gasteiger partial charge in [-0.25, -0.2) is 0 Å². The summed E-state index contributed by atoms with van der Waals surface area (Å²) in [7, 11) is 1.67. The van der Waals surface area contributed by atoms with E-state index in [1.807, 2.05) is 6.92 Å². The lowest BCUT2D eigenvalue weighted by molar-refractivity contribution is -0.150. The van der Waals surface area contributed by atoms with Crippen LogP contribution in [0.15, 0.2) is 0 Å². The van der Waals surface area contributed by atoms with Crippen molar-refractivity contribution in [2.45, 2.75) is 25.8 Å².